The van der Waals surface area contributed by atoms with Gasteiger partial charge in [-0.15, -0.1) is 0 Å². The molecule has 0 saturated carbocycles. The van der Waals surface area contributed by atoms with Gasteiger partial charge >= 0.3 is 0 Å². The molecule has 7 nitrogen and oxygen atoms in total. The van der Waals surface area contributed by atoms with Crippen molar-refractivity contribution in [2.24, 2.45) is 0 Å². The molecule has 7 heteroatoms. The third-order valence-electron chi connectivity index (χ3n) is 5.05. The molecule has 0 unspecified atom stereocenters. The number of piperazine rings is 1. The second kappa shape index (κ2) is 6.98. The Labute approximate surface area is 137 Å². The highest BCUT2D eigenvalue weighted by Gasteiger charge is 2.34. The zero-order chi connectivity index (χ0) is 16.3. The van der Waals surface area contributed by atoms with E-state index >= 15 is 0 Å². The standard InChI is InChI=1S/C16H27N5O2/c1-19-7-9-20(10-8-19)12-16(23)3-2-5-21(6-4-16)15(22)14-11-17-13-18-14/h11,13,23H,2-10,12H2,1H3,(H,17,18)/t16-/m1/s1. The van der Waals surface area contributed by atoms with E-state index in [9.17, 15) is 9.90 Å². The number of carbonyl (C=O) groups is 1. The van der Waals surface area contributed by atoms with Gasteiger partial charge in [0.25, 0.3) is 5.91 Å². The van der Waals surface area contributed by atoms with E-state index in [-0.39, 0.29) is 5.91 Å². The number of likely N-dealkylation sites (N-methyl/N-ethyl adjacent to an activating group) is 1. The molecule has 128 valence electrons. The quantitative estimate of drug-likeness (QED) is 0.820. The number of carbonyl (C=O) groups excluding carboxylic acids is 1. The number of β-amino-alcohol motifs (C(OH)–C–C–N with tert-alkyl or cyclic N) is 1. The third kappa shape index (κ3) is 4.10. The number of likely N-dealkylation sites (tertiary alicyclic amines) is 1. The van der Waals surface area contributed by atoms with Crippen LogP contribution in [0.4, 0.5) is 0 Å². The number of hydrogen-bond donors (Lipinski definition) is 2. The summed E-state index contributed by atoms with van der Waals surface area (Å²) in [5, 5.41) is 11.0. The summed E-state index contributed by atoms with van der Waals surface area (Å²) >= 11 is 0. The van der Waals surface area contributed by atoms with Crippen LogP contribution in [0.25, 0.3) is 0 Å². The first-order chi connectivity index (χ1) is 11.1. The maximum Gasteiger partial charge on any atom is 0.271 e. The van der Waals surface area contributed by atoms with Gasteiger partial charge in [0.1, 0.15) is 5.69 Å². The van der Waals surface area contributed by atoms with Gasteiger partial charge in [0.05, 0.1) is 18.1 Å². The van der Waals surface area contributed by atoms with Crippen molar-refractivity contribution in [3.05, 3.63) is 18.2 Å². The molecule has 1 atom stereocenters. The second-order valence-electron chi connectivity index (χ2n) is 6.91. The van der Waals surface area contributed by atoms with Crippen LogP contribution >= 0.6 is 0 Å². The minimum absolute atomic E-state index is 0.0219. The first-order valence-corrected chi connectivity index (χ1v) is 8.47. The van der Waals surface area contributed by atoms with E-state index in [2.05, 4.69) is 26.8 Å². The molecule has 2 N–H and O–H groups in total. The second-order valence-corrected chi connectivity index (χ2v) is 6.91. The number of rotatable bonds is 3. The lowest BCUT2D eigenvalue weighted by Gasteiger charge is -2.38. The van der Waals surface area contributed by atoms with Gasteiger partial charge in [-0.1, -0.05) is 0 Å². The first kappa shape index (κ1) is 16.4. The van der Waals surface area contributed by atoms with Crippen molar-refractivity contribution in [3.63, 3.8) is 0 Å². The molecule has 23 heavy (non-hydrogen) atoms. The average Bonchev–Trinajstić information content (AvgIpc) is 3.00. The van der Waals surface area contributed by atoms with Gasteiger partial charge in [-0.2, -0.15) is 0 Å². The fraction of sp³-hybridized carbons (Fsp3) is 0.750. The first-order valence-electron chi connectivity index (χ1n) is 8.47. The fourth-order valence-electron chi connectivity index (χ4n) is 3.51. The molecule has 2 saturated heterocycles. The molecular formula is C16H27N5O2. The number of H-pyrrole nitrogens is 1. The van der Waals surface area contributed by atoms with E-state index in [0.29, 0.717) is 31.7 Å². The van der Waals surface area contributed by atoms with Crippen molar-refractivity contribution in [1.29, 1.82) is 0 Å². The Kier molecular flexibility index (Phi) is 4.99. The van der Waals surface area contributed by atoms with E-state index in [1.54, 1.807) is 6.20 Å². The summed E-state index contributed by atoms with van der Waals surface area (Å²) < 4.78 is 0. The average molecular weight is 321 g/mol. The smallest absolute Gasteiger partial charge is 0.271 e. The van der Waals surface area contributed by atoms with Crippen molar-refractivity contribution in [2.75, 3.05) is 52.9 Å². The SMILES string of the molecule is CN1CCN(C[C@@]2(O)CCCN(C(=O)c3cnc[nH]3)CC2)CC1. The summed E-state index contributed by atoms with van der Waals surface area (Å²) in [5.74, 6) is -0.0219. The lowest BCUT2D eigenvalue weighted by atomic mass is 9.94. The minimum Gasteiger partial charge on any atom is -0.388 e. The zero-order valence-electron chi connectivity index (χ0n) is 13.9. The molecule has 2 fully saturated rings. The predicted octanol–water partition coefficient (Wildman–Crippen LogP) is 0.0143. The van der Waals surface area contributed by atoms with Crippen molar-refractivity contribution in [1.82, 2.24) is 24.7 Å². The van der Waals surface area contributed by atoms with Crippen LogP contribution in [0.1, 0.15) is 29.8 Å². The van der Waals surface area contributed by atoms with Crippen molar-refractivity contribution in [3.8, 4) is 0 Å². The zero-order valence-corrected chi connectivity index (χ0v) is 13.9. The lowest BCUT2D eigenvalue weighted by Crippen LogP contribution is -2.51. The van der Waals surface area contributed by atoms with Crippen molar-refractivity contribution < 1.29 is 9.90 Å². The highest BCUT2D eigenvalue weighted by Crippen LogP contribution is 2.24. The number of nitrogens with one attached hydrogen (secondary N) is 1. The van der Waals surface area contributed by atoms with Crippen LogP contribution in [0.3, 0.4) is 0 Å². The van der Waals surface area contributed by atoms with Gasteiger partial charge in [0.2, 0.25) is 0 Å². The Hall–Kier alpha value is -1.44. The summed E-state index contributed by atoms with van der Waals surface area (Å²) in [4.78, 5) is 25.7. The monoisotopic (exact) mass is 321 g/mol. The number of nitrogens with zero attached hydrogens (tertiary/aromatic N) is 4. The highest BCUT2D eigenvalue weighted by atomic mass is 16.3. The van der Waals surface area contributed by atoms with Gasteiger partial charge < -0.3 is 19.9 Å². The Morgan fingerprint density at radius 3 is 2.74 bits per heavy atom. The van der Waals surface area contributed by atoms with Crippen molar-refractivity contribution in [2.45, 2.75) is 24.9 Å². The van der Waals surface area contributed by atoms with Crippen LogP contribution in [-0.4, -0.2) is 94.1 Å². The van der Waals surface area contributed by atoms with Crippen LogP contribution in [-0.2, 0) is 0 Å². The lowest BCUT2D eigenvalue weighted by molar-refractivity contribution is -0.0179. The summed E-state index contributed by atoms with van der Waals surface area (Å²) in [6.07, 6.45) is 5.31. The Bertz CT molecular complexity index is 513. The van der Waals surface area contributed by atoms with Crippen LogP contribution in [0.5, 0.6) is 0 Å². The fourth-order valence-corrected chi connectivity index (χ4v) is 3.51. The van der Waals surface area contributed by atoms with Gasteiger partial charge in [0.15, 0.2) is 0 Å². The van der Waals surface area contributed by atoms with Gasteiger partial charge in [-0.25, -0.2) is 4.98 Å². The van der Waals surface area contributed by atoms with Gasteiger partial charge in [-0.3, -0.25) is 9.69 Å². The van der Waals surface area contributed by atoms with Crippen molar-refractivity contribution >= 4 is 5.91 Å². The Morgan fingerprint density at radius 2 is 2.04 bits per heavy atom. The summed E-state index contributed by atoms with van der Waals surface area (Å²) in [6, 6.07) is 0. The summed E-state index contributed by atoms with van der Waals surface area (Å²) in [7, 11) is 2.14. The molecule has 1 amide bonds. The molecule has 0 spiro atoms. The van der Waals surface area contributed by atoms with Crippen LogP contribution in [0.15, 0.2) is 12.5 Å². The Morgan fingerprint density at radius 1 is 1.26 bits per heavy atom. The minimum atomic E-state index is -0.682. The van der Waals surface area contributed by atoms with Crippen LogP contribution in [0, 0.1) is 0 Å². The molecular weight excluding hydrogens is 294 g/mol. The summed E-state index contributed by atoms with van der Waals surface area (Å²) in [5.41, 5.74) is -0.159. The normalized spacial score (nSPS) is 27.8. The molecule has 1 aromatic rings. The van der Waals surface area contributed by atoms with E-state index < -0.39 is 5.60 Å². The van der Waals surface area contributed by atoms with Crippen LogP contribution in [0.2, 0.25) is 0 Å². The number of imidazole rings is 1. The van der Waals surface area contributed by atoms with Crippen LogP contribution < -0.4 is 0 Å². The van der Waals surface area contributed by atoms with E-state index in [0.717, 1.165) is 39.0 Å². The Balaban J connectivity index is 1.56. The predicted molar refractivity (Wildman–Crippen MR) is 87.2 cm³/mol. The van der Waals surface area contributed by atoms with Gasteiger partial charge in [0, 0.05) is 45.8 Å². The molecule has 3 heterocycles. The molecule has 0 aromatic carbocycles. The molecule has 3 rings (SSSR count). The maximum absolute atomic E-state index is 12.4. The number of aliphatic hydroxyl groups is 1. The molecule has 0 bridgehead atoms. The van der Waals surface area contributed by atoms with Gasteiger partial charge in [-0.05, 0) is 26.3 Å². The largest absolute Gasteiger partial charge is 0.388 e. The molecule has 2 aliphatic rings. The van der Waals surface area contributed by atoms with E-state index in [1.807, 2.05) is 4.90 Å². The van der Waals surface area contributed by atoms with E-state index in [4.69, 9.17) is 0 Å². The summed E-state index contributed by atoms with van der Waals surface area (Å²) in [6.45, 7) is 6.14. The molecule has 0 radical (unpaired) electrons. The molecule has 2 aliphatic heterocycles. The molecule has 0 aliphatic carbocycles. The van der Waals surface area contributed by atoms with E-state index in [1.165, 1.54) is 6.33 Å². The topological polar surface area (TPSA) is 75.7 Å². The number of amides is 1. The number of aromatic amines is 1. The number of aromatic nitrogens is 2. The third-order valence-corrected chi connectivity index (χ3v) is 5.05. The maximum atomic E-state index is 12.4. The number of hydrogen-bond acceptors (Lipinski definition) is 5. The highest BCUT2D eigenvalue weighted by molar-refractivity contribution is 5.92. The molecule has 1 aromatic heterocycles.